The van der Waals surface area contributed by atoms with Gasteiger partial charge in [0.25, 0.3) is 0 Å². The van der Waals surface area contributed by atoms with Crippen molar-refractivity contribution in [2.45, 2.75) is 69.6 Å². The van der Waals surface area contributed by atoms with Crippen molar-refractivity contribution in [1.82, 2.24) is 4.90 Å². The Bertz CT molecular complexity index is 1820. The monoisotopic (exact) mass is 661 g/mol. The van der Waals surface area contributed by atoms with Crippen LogP contribution in [0.15, 0.2) is 91.0 Å². The molecule has 254 valence electrons. The van der Waals surface area contributed by atoms with Crippen LogP contribution in [0.1, 0.15) is 73.6 Å². The topological polar surface area (TPSA) is 149 Å². The molecular formula is C39H43N5O5. The summed E-state index contributed by atoms with van der Waals surface area (Å²) in [5.41, 5.74) is 18.3. The van der Waals surface area contributed by atoms with Crippen LogP contribution in [0.4, 0.5) is 27.5 Å². The molecule has 4 unspecified atom stereocenters. The number of nitrogens with one attached hydrogen (secondary N) is 2. The van der Waals surface area contributed by atoms with Gasteiger partial charge in [-0.25, -0.2) is 4.79 Å². The van der Waals surface area contributed by atoms with Crippen molar-refractivity contribution in [2.75, 3.05) is 28.6 Å². The van der Waals surface area contributed by atoms with E-state index in [0.717, 1.165) is 28.0 Å². The molecule has 1 heterocycles. The number of nitrogen functional groups attached to an aromatic ring is 2. The Hall–Kier alpha value is -5.51. The summed E-state index contributed by atoms with van der Waals surface area (Å²) in [5, 5.41) is 5.65. The van der Waals surface area contributed by atoms with Gasteiger partial charge in [0.05, 0.1) is 22.7 Å². The van der Waals surface area contributed by atoms with Gasteiger partial charge in [-0.3, -0.25) is 14.5 Å². The molecular weight excluding hydrogens is 618 g/mol. The Morgan fingerprint density at radius 2 is 1.49 bits per heavy atom. The smallest absolute Gasteiger partial charge is 0.410 e. The molecule has 4 aromatic carbocycles. The number of amides is 3. The molecule has 49 heavy (non-hydrogen) atoms. The minimum absolute atomic E-state index is 0.0772. The van der Waals surface area contributed by atoms with Gasteiger partial charge in [-0.15, -0.1) is 0 Å². The van der Waals surface area contributed by atoms with Crippen LogP contribution in [0.2, 0.25) is 0 Å². The van der Waals surface area contributed by atoms with Crippen molar-refractivity contribution < 1.29 is 23.9 Å². The lowest BCUT2D eigenvalue weighted by Crippen LogP contribution is -2.45. The standard InChI is InChI=1S/C39H43N5O5/c1-39(2,3)49-38(47)44-19-7-10-33(44)37(46)43-31-18-14-26(20-30(31)41)35-34(36(35)27-13-17-29(40)32(21-27)42-23-45)25-11-15-28(16-12-25)48-22-24-8-5-4-6-9-24/h4-6,8-9,11-18,20-21,23,33-36H,7,10,19,22,40-41H2,1-3H3,(H,42,45)(H,43,46). The molecule has 1 saturated carbocycles. The second-order valence-electron chi connectivity index (χ2n) is 13.7. The molecule has 1 saturated heterocycles. The number of nitrogens with two attached hydrogens (primary N) is 2. The first-order valence-corrected chi connectivity index (χ1v) is 16.6. The minimum atomic E-state index is -0.656. The van der Waals surface area contributed by atoms with Crippen LogP contribution in [0, 0.1) is 0 Å². The largest absolute Gasteiger partial charge is 0.489 e. The maximum atomic E-state index is 13.4. The third kappa shape index (κ3) is 7.64. The second kappa shape index (κ2) is 13.9. The predicted molar refractivity (Wildman–Crippen MR) is 191 cm³/mol. The lowest BCUT2D eigenvalue weighted by molar-refractivity contribution is -0.120. The fourth-order valence-electron chi connectivity index (χ4n) is 6.75. The van der Waals surface area contributed by atoms with E-state index in [4.69, 9.17) is 20.9 Å². The quantitative estimate of drug-likeness (QED) is 0.106. The van der Waals surface area contributed by atoms with E-state index in [1.807, 2.05) is 78.9 Å². The van der Waals surface area contributed by atoms with Gasteiger partial charge in [0.2, 0.25) is 12.3 Å². The molecule has 10 nitrogen and oxygen atoms in total. The van der Waals surface area contributed by atoms with Crippen molar-refractivity contribution in [1.29, 1.82) is 0 Å². The van der Waals surface area contributed by atoms with Gasteiger partial charge in [0, 0.05) is 6.54 Å². The highest BCUT2D eigenvalue weighted by Gasteiger charge is 2.52. The maximum Gasteiger partial charge on any atom is 0.410 e. The molecule has 2 aliphatic rings. The molecule has 1 aliphatic carbocycles. The molecule has 6 N–H and O–H groups in total. The molecule has 10 heteroatoms. The van der Waals surface area contributed by atoms with Gasteiger partial charge in [0.1, 0.15) is 24.0 Å². The number of hydrogen-bond acceptors (Lipinski definition) is 7. The highest BCUT2D eigenvalue weighted by Crippen LogP contribution is 2.66. The highest BCUT2D eigenvalue weighted by atomic mass is 16.6. The van der Waals surface area contributed by atoms with Gasteiger partial charge in [-0.05, 0) is 110 Å². The van der Waals surface area contributed by atoms with Crippen molar-refractivity contribution >= 4 is 41.2 Å². The number of rotatable bonds is 10. The van der Waals surface area contributed by atoms with E-state index < -0.39 is 17.7 Å². The van der Waals surface area contributed by atoms with E-state index in [2.05, 4.69) is 22.8 Å². The van der Waals surface area contributed by atoms with Crippen molar-refractivity contribution in [3.8, 4) is 5.75 Å². The van der Waals surface area contributed by atoms with E-state index in [1.54, 1.807) is 20.8 Å². The van der Waals surface area contributed by atoms with E-state index in [0.29, 0.717) is 55.2 Å². The van der Waals surface area contributed by atoms with E-state index in [1.165, 1.54) is 4.90 Å². The molecule has 4 aromatic rings. The molecule has 4 atom stereocenters. The zero-order chi connectivity index (χ0) is 34.7. The number of hydrogen-bond donors (Lipinski definition) is 4. The van der Waals surface area contributed by atoms with Gasteiger partial charge >= 0.3 is 6.09 Å². The number of anilines is 4. The lowest BCUT2D eigenvalue weighted by Gasteiger charge is -2.28. The number of ether oxygens (including phenoxy) is 2. The molecule has 0 spiro atoms. The van der Waals surface area contributed by atoms with Crippen LogP contribution in [0.3, 0.4) is 0 Å². The highest BCUT2D eigenvalue weighted by molar-refractivity contribution is 5.99. The van der Waals surface area contributed by atoms with Gasteiger partial charge in [-0.1, -0.05) is 54.6 Å². The third-order valence-electron chi connectivity index (χ3n) is 9.11. The van der Waals surface area contributed by atoms with Crippen molar-refractivity contribution in [3.63, 3.8) is 0 Å². The summed E-state index contributed by atoms with van der Waals surface area (Å²) in [7, 11) is 0. The van der Waals surface area contributed by atoms with Crippen LogP contribution in [-0.2, 0) is 20.9 Å². The normalized spacial score (nSPS) is 19.9. The predicted octanol–water partition coefficient (Wildman–Crippen LogP) is 7.00. The molecule has 1 aliphatic heterocycles. The Morgan fingerprint density at radius 1 is 0.837 bits per heavy atom. The number of likely N-dealkylation sites (tertiary alicyclic amines) is 1. The van der Waals surface area contributed by atoms with Gasteiger partial charge in [-0.2, -0.15) is 0 Å². The van der Waals surface area contributed by atoms with E-state index in [9.17, 15) is 14.4 Å². The maximum absolute atomic E-state index is 13.4. The van der Waals surface area contributed by atoms with E-state index in [-0.39, 0.29) is 23.7 Å². The van der Waals surface area contributed by atoms with Crippen molar-refractivity contribution in [2.24, 2.45) is 0 Å². The first-order chi connectivity index (χ1) is 23.5. The first-order valence-electron chi connectivity index (χ1n) is 16.6. The summed E-state index contributed by atoms with van der Waals surface area (Å²) in [6.45, 7) is 6.35. The van der Waals surface area contributed by atoms with Crippen molar-refractivity contribution in [3.05, 3.63) is 113 Å². The Labute approximate surface area is 286 Å². The second-order valence-corrected chi connectivity index (χ2v) is 13.7. The summed E-state index contributed by atoms with van der Waals surface area (Å²) in [4.78, 5) is 38.9. The summed E-state index contributed by atoms with van der Waals surface area (Å²) >= 11 is 0. The fraction of sp³-hybridized carbons (Fsp3) is 0.308. The summed E-state index contributed by atoms with van der Waals surface area (Å²) < 4.78 is 11.6. The molecule has 2 fully saturated rings. The van der Waals surface area contributed by atoms with E-state index >= 15 is 0 Å². The Morgan fingerprint density at radius 3 is 2.16 bits per heavy atom. The Kier molecular flexibility index (Phi) is 9.49. The average Bonchev–Trinajstić information content (AvgIpc) is 3.61. The summed E-state index contributed by atoms with van der Waals surface area (Å²) in [6.07, 6.45) is 1.39. The molecule has 0 aromatic heterocycles. The third-order valence-corrected chi connectivity index (χ3v) is 9.11. The molecule has 0 radical (unpaired) electrons. The number of nitrogens with zero attached hydrogens (tertiary/aromatic N) is 1. The van der Waals surface area contributed by atoms with Gasteiger partial charge in [0.15, 0.2) is 0 Å². The Balaban J connectivity index is 1.22. The number of carbonyl (C=O) groups excluding carboxylic acids is 3. The van der Waals surface area contributed by atoms with Crippen LogP contribution in [0.5, 0.6) is 5.75 Å². The fourth-order valence-corrected chi connectivity index (χ4v) is 6.75. The SMILES string of the molecule is CC(C)(C)OC(=O)N1CCCC1C(=O)Nc1ccc(C2C(c3ccc(OCc4ccccc4)cc3)C2c2ccc(N)c(NC=O)c2)cc1N. The molecule has 3 amide bonds. The number of benzene rings is 4. The number of carbonyl (C=O) groups is 3. The lowest BCUT2D eigenvalue weighted by atomic mass is 10.0. The molecule has 0 bridgehead atoms. The van der Waals surface area contributed by atoms with Crippen LogP contribution < -0.4 is 26.8 Å². The van der Waals surface area contributed by atoms with Crippen LogP contribution in [-0.4, -0.2) is 41.5 Å². The zero-order valence-electron chi connectivity index (χ0n) is 28.0. The van der Waals surface area contributed by atoms with Gasteiger partial charge < -0.3 is 31.6 Å². The van der Waals surface area contributed by atoms with Crippen LogP contribution in [0.25, 0.3) is 0 Å². The summed E-state index contributed by atoms with van der Waals surface area (Å²) in [5.74, 6) is 0.773. The average molecular weight is 662 g/mol. The first kappa shape index (κ1) is 33.4. The minimum Gasteiger partial charge on any atom is -0.489 e. The summed E-state index contributed by atoms with van der Waals surface area (Å²) in [6, 6.07) is 29.0. The molecule has 6 rings (SSSR count). The van der Waals surface area contributed by atoms with Crippen LogP contribution >= 0.6 is 0 Å². The zero-order valence-corrected chi connectivity index (χ0v) is 28.0.